The second kappa shape index (κ2) is 9.49. The number of para-hydroxylation sites is 1. The summed E-state index contributed by atoms with van der Waals surface area (Å²) < 4.78 is 15.7. The molecule has 162 valence electrons. The van der Waals surface area contributed by atoms with Crippen molar-refractivity contribution in [3.05, 3.63) is 71.6 Å². The molecule has 1 N–H and O–H groups in total. The molecule has 0 spiro atoms. The molecule has 8 heteroatoms. The van der Waals surface area contributed by atoms with Crippen LogP contribution in [0.1, 0.15) is 10.4 Å². The average molecular weight is 449 g/mol. The van der Waals surface area contributed by atoms with Gasteiger partial charge in [0.1, 0.15) is 0 Å². The number of methoxy groups -OCH3 is 2. The van der Waals surface area contributed by atoms with Crippen molar-refractivity contribution < 1.29 is 23.8 Å². The van der Waals surface area contributed by atoms with E-state index in [1.54, 1.807) is 30.3 Å². The maximum absolute atomic E-state index is 12.9. The van der Waals surface area contributed by atoms with Crippen molar-refractivity contribution in [2.75, 3.05) is 26.1 Å². The number of carbonyl (C=O) groups excluding carboxylic acids is 2. The first-order chi connectivity index (χ1) is 15.6. The molecule has 4 aromatic rings. The fourth-order valence-corrected chi connectivity index (χ4v) is 3.90. The first-order valence-corrected chi connectivity index (χ1v) is 10.6. The van der Waals surface area contributed by atoms with Crippen LogP contribution in [0.2, 0.25) is 0 Å². The number of nitrogens with zero attached hydrogens (tertiary/aromatic N) is 1. The van der Waals surface area contributed by atoms with Crippen LogP contribution in [0.4, 0.5) is 5.69 Å². The van der Waals surface area contributed by atoms with E-state index in [0.717, 1.165) is 4.88 Å². The van der Waals surface area contributed by atoms with Crippen molar-refractivity contribution in [1.82, 2.24) is 4.98 Å². The molecule has 0 fully saturated rings. The molecule has 0 unspecified atom stereocenters. The van der Waals surface area contributed by atoms with E-state index in [2.05, 4.69) is 10.3 Å². The van der Waals surface area contributed by atoms with Crippen LogP contribution in [0.25, 0.3) is 21.5 Å². The molecule has 0 aliphatic carbocycles. The zero-order valence-electron chi connectivity index (χ0n) is 17.5. The number of pyridine rings is 1. The van der Waals surface area contributed by atoms with Gasteiger partial charge in [-0.15, -0.1) is 11.3 Å². The number of carbonyl (C=O) groups is 2. The van der Waals surface area contributed by atoms with E-state index in [1.807, 2.05) is 35.7 Å². The van der Waals surface area contributed by atoms with E-state index < -0.39 is 18.5 Å². The molecular weight excluding hydrogens is 428 g/mol. The normalized spacial score (nSPS) is 10.6. The maximum atomic E-state index is 12.9. The van der Waals surface area contributed by atoms with Crippen molar-refractivity contribution in [2.24, 2.45) is 0 Å². The lowest BCUT2D eigenvalue weighted by molar-refractivity contribution is -0.119. The highest BCUT2D eigenvalue weighted by Gasteiger charge is 2.17. The zero-order chi connectivity index (χ0) is 22.5. The first kappa shape index (κ1) is 21.3. The molecule has 7 nitrogen and oxygen atoms in total. The Kier molecular flexibility index (Phi) is 6.32. The quantitative estimate of drug-likeness (QED) is 0.410. The van der Waals surface area contributed by atoms with E-state index in [-0.39, 0.29) is 0 Å². The largest absolute Gasteiger partial charge is 0.493 e. The number of esters is 1. The van der Waals surface area contributed by atoms with Crippen molar-refractivity contribution >= 4 is 39.8 Å². The number of hydrogen-bond donors (Lipinski definition) is 1. The highest BCUT2D eigenvalue weighted by atomic mass is 32.1. The zero-order valence-corrected chi connectivity index (χ0v) is 18.3. The second-order valence-corrected chi connectivity index (χ2v) is 7.69. The third-order valence-corrected chi connectivity index (χ3v) is 5.60. The van der Waals surface area contributed by atoms with E-state index in [1.165, 1.54) is 25.6 Å². The third-order valence-electron chi connectivity index (χ3n) is 4.71. The molecule has 0 saturated heterocycles. The molecule has 0 bridgehead atoms. The van der Waals surface area contributed by atoms with Crippen LogP contribution in [-0.2, 0) is 9.53 Å². The molecule has 1 amide bonds. The maximum Gasteiger partial charge on any atom is 0.339 e. The van der Waals surface area contributed by atoms with Crippen LogP contribution in [0, 0.1) is 0 Å². The van der Waals surface area contributed by atoms with E-state index in [0.29, 0.717) is 39.3 Å². The Hall–Kier alpha value is -3.91. The summed E-state index contributed by atoms with van der Waals surface area (Å²) in [6.45, 7) is -0.432. The summed E-state index contributed by atoms with van der Waals surface area (Å²) in [4.78, 5) is 30.8. The van der Waals surface area contributed by atoms with Gasteiger partial charge in [-0.25, -0.2) is 9.78 Å². The predicted octanol–water partition coefficient (Wildman–Crippen LogP) is 4.78. The number of ether oxygens (including phenoxy) is 3. The number of benzene rings is 2. The molecule has 32 heavy (non-hydrogen) atoms. The molecule has 4 rings (SSSR count). The molecule has 2 heterocycles. The monoisotopic (exact) mass is 448 g/mol. The molecule has 0 atom stereocenters. The summed E-state index contributed by atoms with van der Waals surface area (Å²) in [7, 11) is 3.04. The molecule has 0 radical (unpaired) electrons. The Bertz CT molecular complexity index is 1270. The fourth-order valence-electron chi connectivity index (χ4n) is 3.21. The Morgan fingerprint density at radius 1 is 0.969 bits per heavy atom. The topological polar surface area (TPSA) is 86.8 Å². The SMILES string of the molecule is COc1ccc(NC(=O)COC(=O)c2cc(-c3cccs3)nc3ccccc23)cc1OC. The van der Waals surface area contributed by atoms with Gasteiger partial charge in [0.15, 0.2) is 18.1 Å². The van der Waals surface area contributed by atoms with Gasteiger partial charge in [-0.1, -0.05) is 24.3 Å². The minimum atomic E-state index is -0.594. The minimum Gasteiger partial charge on any atom is -0.493 e. The van der Waals surface area contributed by atoms with Gasteiger partial charge >= 0.3 is 5.97 Å². The molecule has 0 aliphatic rings. The molecular formula is C24H20N2O5S. The standard InChI is InChI=1S/C24H20N2O5S/c1-29-20-10-9-15(12-21(20)30-2)25-23(27)14-31-24(28)17-13-19(22-8-5-11-32-22)26-18-7-4-3-6-16(17)18/h3-13H,14H2,1-2H3,(H,25,27). The summed E-state index contributed by atoms with van der Waals surface area (Å²) in [6.07, 6.45) is 0. The van der Waals surface area contributed by atoms with Gasteiger partial charge in [0.2, 0.25) is 0 Å². The molecule has 0 saturated carbocycles. The number of anilines is 1. The third kappa shape index (κ3) is 4.55. The second-order valence-electron chi connectivity index (χ2n) is 6.74. The van der Waals surface area contributed by atoms with Crippen molar-refractivity contribution in [3.8, 4) is 22.1 Å². The van der Waals surface area contributed by atoms with Crippen molar-refractivity contribution in [1.29, 1.82) is 0 Å². The van der Waals surface area contributed by atoms with Crippen molar-refractivity contribution in [3.63, 3.8) is 0 Å². The smallest absolute Gasteiger partial charge is 0.339 e. The van der Waals surface area contributed by atoms with Gasteiger partial charge in [0.05, 0.1) is 35.9 Å². The highest BCUT2D eigenvalue weighted by Crippen LogP contribution is 2.30. The summed E-state index contributed by atoms with van der Waals surface area (Å²) in [5.74, 6) is -0.0408. The lowest BCUT2D eigenvalue weighted by atomic mass is 10.1. The van der Waals surface area contributed by atoms with Crippen molar-refractivity contribution in [2.45, 2.75) is 0 Å². The lowest BCUT2D eigenvalue weighted by Crippen LogP contribution is -2.21. The summed E-state index contributed by atoms with van der Waals surface area (Å²) in [5, 5.41) is 5.30. The number of nitrogens with one attached hydrogen (secondary N) is 1. The van der Waals surface area contributed by atoms with Gasteiger partial charge in [0, 0.05) is 17.1 Å². The molecule has 0 aliphatic heterocycles. The Balaban J connectivity index is 1.50. The first-order valence-electron chi connectivity index (χ1n) is 9.71. The number of amides is 1. The van der Waals surface area contributed by atoms with Crippen LogP contribution in [-0.4, -0.2) is 37.7 Å². The van der Waals surface area contributed by atoms with Gasteiger partial charge in [0.25, 0.3) is 5.91 Å². The van der Waals surface area contributed by atoms with Crippen LogP contribution in [0.5, 0.6) is 11.5 Å². The Morgan fingerprint density at radius 2 is 1.78 bits per heavy atom. The number of hydrogen-bond acceptors (Lipinski definition) is 7. The van der Waals surface area contributed by atoms with Crippen LogP contribution >= 0.6 is 11.3 Å². The van der Waals surface area contributed by atoms with Crippen LogP contribution in [0.15, 0.2) is 66.0 Å². The summed E-state index contributed by atoms with van der Waals surface area (Å²) in [6, 6.07) is 17.9. The Labute approximate surface area is 188 Å². The number of fused-ring (bicyclic) bond motifs is 1. The lowest BCUT2D eigenvalue weighted by Gasteiger charge is -2.11. The van der Waals surface area contributed by atoms with Gasteiger partial charge in [-0.2, -0.15) is 0 Å². The summed E-state index contributed by atoms with van der Waals surface area (Å²) in [5.41, 5.74) is 2.22. The van der Waals surface area contributed by atoms with E-state index in [9.17, 15) is 9.59 Å². The van der Waals surface area contributed by atoms with Gasteiger partial charge in [-0.3, -0.25) is 4.79 Å². The van der Waals surface area contributed by atoms with Gasteiger partial charge < -0.3 is 19.5 Å². The fraction of sp³-hybridized carbons (Fsp3) is 0.125. The van der Waals surface area contributed by atoms with Crippen LogP contribution in [0.3, 0.4) is 0 Å². The predicted molar refractivity (Wildman–Crippen MR) is 124 cm³/mol. The Morgan fingerprint density at radius 3 is 2.53 bits per heavy atom. The number of aromatic nitrogens is 1. The van der Waals surface area contributed by atoms with E-state index in [4.69, 9.17) is 14.2 Å². The highest BCUT2D eigenvalue weighted by molar-refractivity contribution is 7.13. The number of thiophene rings is 1. The number of rotatable bonds is 7. The van der Waals surface area contributed by atoms with Crippen LogP contribution < -0.4 is 14.8 Å². The average Bonchev–Trinajstić information content (AvgIpc) is 3.37. The summed E-state index contributed by atoms with van der Waals surface area (Å²) >= 11 is 1.53. The van der Waals surface area contributed by atoms with Gasteiger partial charge in [-0.05, 0) is 35.7 Å². The van der Waals surface area contributed by atoms with E-state index >= 15 is 0 Å². The molecule has 2 aromatic heterocycles. The molecule has 2 aromatic carbocycles. The minimum absolute atomic E-state index is 0.359.